The van der Waals surface area contributed by atoms with Crippen LogP contribution in [0.5, 0.6) is 0 Å². The van der Waals surface area contributed by atoms with Gasteiger partial charge in [0.05, 0.1) is 13.0 Å². The highest BCUT2D eigenvalue weighted by molar-refractivity contribution is 5.96. The summed E-state index contributed by atoms with van der Waals surface area (Å²) in [5.74, 6) is -0.476. The summed E-state index contributed by atoms with van der Waals surface area (Å²) in [6.45, 7) is 2.40. The first-order valence-electron chi connectivity index (χ1n) is 8.57. The van der Waals surface area contributed by atoms with E-state index in [0.29, 0.717) is 6.54 Å². The smallest absolute Gasteiger partial charge is 0.228 e. The molecule has 0 aliphatic carbocycles. The molecular formula is C20H18FN5O. The Morgan fingerprint density at radius 1 is 1.26 bits per heavy atom. The summed E-state index contributed by atoms with van der Waals surface area (Å²) in [7, 11) is 0. The van der Waals surface area contributed by atoms with Crippen LogP contribution in [0.25, 0.3) is 10.9 Å². The summed E-state index contributed by atoms with van der Waals surface area (Å²) in [4.78, 5) is 19.8. The average Bonchev–Trinajstić information content (AvgIpc) is 3.25. The molecule has 0 aliphatic rings. The first-order chi connectivity index (χ1) is 13.1. The number of H-pyrrole nitrogens is 1. The van der Waals surface area contributed by atoms with Gasteiger partial charge in [-0.2, -0.15) is 5.10 Å². The maximum atomic E-state index is 13.6. The molecule has 1 amide bonds. The van der Waals surface area contributed by atoms with E-state index < -0.39 is 0 Å². The zero-order valence-corrected chi connectivity index (χ0v) is 14.7. The number of nitrogens with zero attached hydrogens (tertiary/aromatic N) is 3. The fourth-order valence-electron chi connectivity index (χ4n) is 3.21. The van der Waals surface area contributed by atoms with E-state index in [9.17, 15) is 9.18 Å². The first-order valence-corrected chi connectivity index (χ1v) is 8.57. The van der Waals surface area contributed by atoms with Crippen molar-refractivity contribution < 1.29 is 9.18 Å². The lowest BCUT2D eigenvalue weighted by atomic mass is 10.1. The normalized spacial score (nSPS) is 11.0. The molecule has 6 nitrogen and oxygen atoms in total. The summed E-state index contributed by atoms with van der Waals surface area (Å²) in [6.07, 6.45) is 3.26. The van der Waals surface area contributed by atoms with E-state index >= 15 is 0 Å². The van der Waals surface area contributed by atoms with Crippen LogP contribution in [0.1, 0.15) is 16.8 Å². The molecule has 0 radical (unpaired) electrons. The summed E-state index contributed by atoms with van der Waals surface area (Å²) < 4.78 is 15.3. The Bertz CT molecular complexity index is 1100. The van der Waals surface area contributed by atoms with E-state index in [2.05, 4.69) is 20.4 Å². The third-order valence-electron chi connectivity index (χ3n) is 4.51. The monoisotopic (exact) mass is 363 g/mol. The Labute approximate surface area is 155 Å². The number of amides is 1. The van der Waals surface area contributed by atoms with E-state index in [-0.39, 0.29) is 18.1 Å². The van der Waals surface area contributed by atoms with Gasteiger partial charge in [-0.1, -0.05) is 18.2 Å². The van der Waals surface area contributed by atoms with Crippen LogP contribution in [-0.2, 0) is 17.8 Å². The van der Waals surface area contributed by atoms with Gasteiger partial charge in [0.1, 0.15) is 18.5 Å². The van der Waals surface area contributed by atoms with Crippen molar-refractivity contribution in [3.63, 3.8) is 0 Å². The van der Waals surface area contributed by atoms with Gasteiger partial charge in [-0.15, -0.1) is 0 Å². The third kappa shape index (κ3) is 3.57. The molecule has 4 aromatic rings. The second-order valence-electron chi connectivity index (χ2n) is 6.39. The number of fused-ring (bicyclic) bond motifs is 1. The highest BCUT2D eigenvalue weighted by atomic mass is 19.1. The Morgan fingerprint density at radius 3 is 2.93 bits per heavy atom. The van der Waals surface area contributed by atoms with Gasteiger partial charge in [0, 0.05) is 22.3 Å². The number of benzene rings is 2. The predicted octanol–water partition coefficient (Wildman–Crippen LogP) is 3.44. The lowest BCUT2D eigenvalue weighted by molar-refractivity contribution is -0.115. The van der Waals surface area contributed by atoms with E-state index in [0.717, 1.165) is 33.4 Å². The maximum Gasteiger partial charge on any atom is 0.228 e. The molecule has 0 atom stereocenters. The van der Waals surface area contributed by atoms with Gasteiger partial charge in [-0.3, -0.25) is 4.79 Å². The van der Waals surface area contributed by atoms with Gasteiger partial charge < -0.3 is 10.3 Å². The molecule has 0 aliphatic heterocycles. The standard InChI is InChI=1S/C20H18FN5O/c1-13-16(17-8-15(21)6-7-19(17)24-13)9-20(27)25-18-5-3-2-4-14(18)10-26-12-22-11-23-26/h2-8,11-12,24H,9-10H2,1H3,(H,25,27). The molecule has 2 aromatic carbocycles. The molecule has 2 heterocycles. The molecular weight excluding hydrogens is 345 g/mol. The fraction of sp³-hybridized carbons (Fsp3) is 0.150. The lowest BCUT2D eigenvalue weighted by Gasteiger charge is -2.11. The molecule has 136 valence electrons. The Kier molecular flexibility index (Phi) is 4.42. The number of aromatic amines is 1. The van der Waals surface area contributed by atoms with Gasteiger partial charge >= 0.3 is 0 Å². The molecule has 0 saturated carbocycles. The van der Waals surface area contributed by atoms with Crippen LogP contribution in [0, 0.1) is 12.7 Å². The van der Waals surface area contributed by atoms with Gasteiger partial charge in [0.25, 0.3) is 0 Å². The van der Waals surface area contributed by atoms with Crippen molar-refractivity contribution in [2.24, 2.45) is 0 Å². The molecule has 0 spiro atoms. The highest BCUT2D eigenvalue weighted by Gasteiger charge is 2.14. The molecule has 27 heavy (non-hydrogen) atoms. The Hall–Kier alpha value is -3.48. The summed E-state index contributed by atoms with van der Waals surface area (Å²) >= 11 is 0. The van der Waals surface area contributed by atoms with E-state index in [1.807, 2.05) is 31.2 Å². The number of hydrogen-bond acceptors (Lipinski definition) is 3. The first kappa shape index (κ1) is 17.0. The number of nitrogens with one attached hydrogen (secondary N) is 2. The zero-order valence-electron chi connectivity index (χ0n) is 14.7. The quantitative estimate of drug-likeness (QED) is 0.570. The van der Waals surface area contributed by atoms with E-state index in [4.69, 9.17) is 0 Å². The number of carbonyl (C=O) groups excluding carboxylic acids is 1. The lowest BCUT2D eigenvalue weighted by Crippen LogP contribution is -2.16. The minimum absolute atomic E-state index is 0.158. The van der Waals surface area contributed by atoms with Crippen LogP contribution in [-0.4, -0.2) is 25.7 Å². The number of carbonyl (C=O) groups is 1. The summed E-state index contributed by atoms with van der Waals surface area (Å²) in [5, 5.41) is 7.79. The summed E-state index contributed by atoms with van der Waals surface area (Å²) in [5.41, 5.74) is 4.14. The van der Waals surface area contributed by atoms with E-state index in [1.165, 1.54) is 18.5 Å². The van der Waals surface area contributed by atoms with Crippen molar-refractivity contribution in [1.29, 1.82) is 0 Å². The molecule has 2 N–H and O–H groups in total. The number of aromatic nitrogens is 4. The van der Waals surface area contributed by atoms with Gasteiger partial charge in [-0.05, 0) is 42.3 Å². The number of para-hydroxylation sites is 1. The number of anilines is 1. The van der Waals surface area contributed by atoms with Crippen molar-refractivity contribution in [3.8, 4) is 0 Å². The highest BCUT2D eigenvalue weighted by Crippen LogP contribution is 2.24. The van der Waals surface area contributed by atoms with Crippen molar-refractivity contribution in [1.82, 2.24) is 19.7 Å². The van der Waals surface area contributed by atoms with Crippen LogP contribution >= 0.6 is 0 Å². The second-order valence-corrected chi connectivity index (χ2v) is 6.39. The van der Waals surface area contributed by atoms with Crippen LogP contribution in [0.4, 0.5) is 10.1 Å². The molecule has 4 rings (SSSR count). The molecule has 0 saturated heterocycles. The van der Waals surface area contributed by atoms with Crippen LogP contribution in [0.3, 0.4) is 0 Å². The van der Waals surface area contributed by atoms with Crippen LogP contribution < -0.4 is 5.32 Å². The van der Waals surface area contributed by atoms with Gasteiger partial charge in [0.2, 0.25) is 5.91 Å². The Balaban J connectivity index is 1.56. The Morgan fingerprint density at radius 2 is 2.11 bits per heavy atom. The third-order valence-corrected chi connectivity index (χ3v) is 4.51. The molecule has 0 fully saturated rings. The molecule has 0 unspecified atom stereocenters. The number of hydrogen-bond donors (Lipinski definition) is 2. The molecule has 2 aromatic heterocycles. The van der Waals surface area contributed by atoms with Gasteiger partial charge in [-0.25, -0.2) is 14.1 Å². The molecule has 7 heteroatoms. The second kappa shape index (κ2) is 7.03. The van der Waals surface area contributed by atoms with Crippen molar-refractivity contribution in [2.45, 2.75) is 19.9 Å². The largest absolute Gasteiger partial charge is 0.358 e. The number of rotatable bonds is 5. The number of aryl methyl sites for hydroxylation is 1. The average molecular weight is 363 g/mol. The van der Waals surface area contributed by atoms with Crippen LogP contribution in [0.15, 0.2) is 55.1 Å². The molecule has 0 bridgehead atoms. The number of halogens is 1. The van der Waals surface area contributed by atoms with Crippen molar-refractivity contribution in [2.75, 3.05) is 5.32 Å². The fourth-order valence-corrected chi connectivity index (χ4v) is 3.21. The minimum atomic E-state index is -0.318. The predicted molar refractivity (Wildman–Crippen MR) is 101 cm³/mol. The maximum absolute atomic E-state index is 13.6. The zero-order chi connectivity index (χ0) is 18.8. The topological polar surface area (TPSA) is 75.6 Å². The van der Waals surface area contributed by atoms with Gasteiger partial charge in [0.15, 0.2) is 0 Å². The van der Waals surface area contributed by atoms with Crippen LogP contribution in [0.2, 0.25) is 0 Å². The minimum Gasteiger partial charge on any atom is -0.358 e. The summed E-state index contributed by atoms with van der Waals surface area (Å²) in [6, 6.07) is 12.1. The van der Waals surface area contributed by atoms with E-state index in [1.54, 1.807) is 17.1 Å². The van der Waals surface area contributed by atoms with Crippen molar-refractivity contribution in [3.05, 3.63) is 77.8 Å². The SMILES string of the molecule is Cc1[nH]c2ccc(F)cc2c1CC(=O)Nc1ccccc1Cn1cncn1. The van der Waals surface area contributed by atoms with Crippen molar-refractivity contribution >= 4 is 22.5 Å².